The van der Waals surface area contributed by atoms with Crippen LogP contribution >= 0.6 is 0 Å². The highest BCUT2D eigenvalue weighted by Crippen LogP contribution is 2.33. The van der Waals surface area contributed by atoms with E-state index in [1.165, 1.54) is 32.1 Å². The quantitative estimate of drug-likeness (QED) is 0.821. The van der Waals surface area contributed by atoms with Gasteiger partial charge in [-0.15, -0.1) is 10.2 Å². The molecule has 2 N–H and O–H groups in total. The zero-order valence-electron chi connectivity index (χ0n) is 10.3. The van der Waals surface area contributed by atoms with Crippen LogP contribution in [-0.2, 0) is 0 Å². The van der Waals surface area contributed by atoms with E-state index in [1.54, 1.807) is 0 Å². The van der Waals surface area contributed by atoms with E-state index in [-0.39, 0.29) is 0 Å². The lowest BCUT2D eigenvalue weighted by atomic mass is 9.89. The molecule has 1 aromatic carbocycles. The third-order valence-corrected chi connectivity index (χ3v) is 3.55. The molecule has 94 valence electrons. The molecule has 4 nitrogen and oxygen atoms in total. The van der Waals surface area contributed by atoms with Gasteiger partial charge in [-0.25, -0.2) is 0 Å². The zero-order chi connectivity index (χ0) is 12.4. The lowest BCUT2D eigenvalue weighted by molar-refractivity contribution is 0.367. The first kappa shape index (κ1) is 11.3. The van der Waals surface area contributed by atoms with Gasteiger partial charge < -0.3 is 10.2 Å². The lowest BCUT2D eigenvalue weighted by Crippen LogP contribution is -2.04. The van der Waals surface area contributed by atoms with Crippen LogP contribution in [0.5, 0.6) is 0 Å². The van der Waals surface area contributed by atoms with E-state index >= 15 is 0 Å². The van der Waals surface area contributed by atoms with Gasteiger partial charge in [0.15, 0.2) is 0 Å². The Hall–Kier alpha value is -1.84. The van der Waals surface area contributed by atoms with Crippen molar-refractivity contribution in [1.82, 2.24) is 10.2 Å². The molecule has 4 heteroatoms. The maximum atomic E-state index is 5.79. The van der Waals surface area contributed by atoms with Gasteiger partial charge in [-0.2, -0.15) is 0 Å². The molecular formula is C14H17N3O. The molecule has 0 saturated heterocycles. The first-order valence-corrected chi connectivity index (χ1v) is 6.52. The summed E-state index contributed by atoms with van der Waals surface area (Å²) in [5, 5.41) is 8.32. The fourth-order valence-corrected chi connectivity index (χ4v) is 2.49. The van der Waals surface area contributed by atoms with Gasteiger partial charge >= 0.3 is 0 Å². The summed E-state index contributed by atoms with van der Waals surface area (Å²) >= 11 is 0. The van der Waals surface area contributed by atoms with E-state index in [0.717, 1.165) is 17.1 Å². The van der Waals surface area contributed by atoms with Crippen molar-refractivity contribution >= 4 is 5.69 Å². The second-order valence-corrected chi connectivity index (χ2v) is 4.90. The molecule has 3 rings (SSSR count). The van der Waals surface area contributed by atoms with Crippen LogP contribution in [0.2, 0.25) is 0 Å². The molecule has 0 atom stereocenters. The molecule has 1 aliphatic carbocycles. The summed E-state index contributed by atoms with van der Waals surface area (Å²) < 4.78 is 5.79. The van der Waals surface area contributed by atoms with E-state index in [4.69, 9.17) is 10.2 Å². The van der Waals surface area contributed by atoms with Crippen LogP contribution in [-0.4, -0.2) is 10.2 Å². The Morgan fingerprint density at radius 1 is 1.00 bits per heavy atom. The van der Waals surface area contributed by atoms with Gasteiger partial charge in [0.25, 0.3) is 0 Å². The average molecular weight is 243 g/mol. The Morgan fingerprint density at radius 3 is 2.44 bits per heavy atom. The maximum Gasteiger partial charge on any atom is 0.247 e. The van der Waals surface area contributed by atoms with Gasteiger partial charge in [0.05, 0.1) is 0 Å². The van der Waals surface area contributed by atoms with Gasteiger partial charge in [-0.3, -0.25) is 0 Å². The number of anilines is 1. The summed E-state index contributed by atoms with van der Waals surface area (Å²) in [4.78, 5) is 0. The average Bonchev–Trinajstić information content (AvgIpc) is 2.90. The molecule has 0 aliphatic heterocycles. The largest absolute Gasteiger partial charge is 0.420 e. The summed E-state index contributed by atoms with van der Waals surface area (Å²) in [6.07, 6.45) is 6.21. The molecular weight excluding hydrogens is 226 g/mol. The Morgan fingerprint density at radius 2 is 1.72 bits per heavy atom. The van der Waals surface area contributed by atoms with Crippen molar-refractivity contribution in [3.05, 3.63) is 30.2 Å². The lowest BCUT2D eigenvalue weighted by Gasteiger charge is -2.17. The molecule has 0 amide bonds. The number of aromatic nitrogens is 2. The van der Waals surface area contributed by atoms with E-state index < -0.39 is 0 Å². The van der Waals surface area contributed by atoms with Gasteiger partial charge in [0, 0.05) is 17.2 Å². The summed E-state index contributed by atoms with van der Waals surface area (Å²) in [6.45, 7) is 0. The first-order valence-electron chi connectivity index (χ1n) is 6.52. The van der Waals surface area contributed by atoms with E-state index in [0.29, 0.717) is 11.8 Å². The van der Waals surface area contributed by atoms with Crippen LogP contribution in [0.15, 0.2) is 28.7 Å². The highest BCUT2D eigenvalue weighted by atomic mass is 16.4. The minimum Gasteiger partial charge on any atom is -0.420 e. The van der Waals surface area contributed by atoms with Crippen LogP contribution in [0.25, 0.3) is 11.5 Å². The van der Waals surface area contributed by atoms with Gasteiger partial charge in [0.2, 0.25) is 11.8 Å². The molecule has 1 fully saturated rings. The summed E-state index contributed by atoms with van der Waals surface area (Å²) in [7, 11) is 0. The summed E-state index contributed by atoms with van der Waals surface area (Å²) in [6, 6.07) is 7.51. The number of nitrogen functional groups attached to an aromatic ring is 1. The van der Waals surface area contributed by atoms with Crippen molar-refractivity contribution in [1.29, 1.82) is 0 Å². The normalized spacial score (nSPS) is 16.9. The number of nitrogens with zero attached hydrogens (tertiary/aromatic N) is 2. The van der Waals surface area contributed by atoms with E-state index in [9.17, 15) is 0 Å². The minimum absolute atomic E-state index is 0.453. The first-order chi connectivity index (χ1) is 8.83. The second kappa shape index (κ2) is 4.80. The Balaban J connectivity index is 1.82. The topological polar surface area (TPSA) is 64.9 Å². The summed E-state index contributed by atoms with van der Waals surface area (Å²) in [5.74, 6) is 1.84. The van der Waals surface area contributed by atoms with Crippen molar-refractivity contribution in [3.63, 3.8) is 0 Å². The molecule has 1 saturated carbocycles. The number of hydrogen-bond acceptors (Lipinski definition) is 4. The number of nitrogens with two attached hydrogens (primary N) is 1. The van der Waals surface area contributed by atoms with Crippen molar-refractivity contribution in [2.45, 2.75) is 38.0 Å². The van der Waals surface area contributed by atoms with E-state index in [2.05, 4.69) is 10.2 Å². The van der Waals surface area contributed by atoms with Crippen LogP contribution in [0.1, 0.15) is 43.9 Å². The molecule has 0 radical (unpaired) electrons. The molecule has 0 spiro atoms. The smallest absolute Gasteiger partial charge is 0.247 e. The second-order valence-electron chi connectivity index (χ2n) is 4.90. The molecule has 1 aromatic heterocycles. The maximum absolute atomic E-state index is 5.79. The fourth-order valence-electron chi connectivity index (χ4n) is 2.49. The third-order valence-electron chi connectivity index (χ3n) is 3.55. The Bertz CT molecular complexity index is 512. The van der Waals surface area contributed by atoms with Gasteiger partial charge in [0.1, 0.15) is 0 Å². The third kappa shape index (κ3) is 2.23. The van der Waals surface area contributed by atoms with Crippen molar-refractivity contribution in [2.75, 3.05) is 5.73 Å². The molecule has 2 aromatic rings. The zero-order valence-corrected chi connectivity index (χ0v) is 10.3. The van der Waals surface area contributed by atoms with E-state index in [1.807, 2.05) is 24.3 Å². The molecule has 1 heterocycles. The molecule has 0 unspecified atom stereocenters. The van der Waals surface area contributed by atoms with Crippen LogP contribution in [0.4, 0.5) is 5.69 Å². The van der Waals surface area contributed by atoms with Crippen LogP contribution < -0.4 is 5.73 Å². The Kier molecular flexibility index (Phi) is 3.00. The Labute approximate surface area is 106 Å². The minimum atomic E-state index is 0.453. The van der Waals surface area contributed by atoms with Crippen molar-refractivity contribution in [2.24, 2.45) is 0 Å². The highest BCUT2D eigenvalue weighted by Gasteiger charge is 2.21. The monoisotopic (exact) mass is 243 g/mol. The summed E-state index contributed by atoms with van der Waals surface area (Å²) in [5.41, 5.74) is 7.33. The standard InChI is InChI=1S/C14H17N3O/c15-12-8-6-11(7-9-12)14-17-16-13(18-14)10-4-2-1-3-5-10/h6-10H,1-5,15H2. The highest BCUT2D eigenvalue weighted by molar-refractivity contribution is 5.56. The van der Waals surface area contributed by atoms with Crippen molar-refractivity contribution < 1.29 is 4.42 Å². The predicted molar refractivity (Wildman–Crippen MR) is 70.0 cm³/mol. The fraction of sp³-hybridized carbons (Fsp3) is 0.429. The SMILES string of the molecule is Nc1ccc(-c2nnc(C3CCCCC3)o2)cc1. The number of hydrogen-bond donors (Lipinski definition) is 1. The molecule has 0 bridgehead atoms. The van der Waals surface area contributed by atoms with Gasteiger partial charge in [-0.05, 0) is 37.1 Å². The number of rotatable bonds is 2. The van der Waals surface area contributed by atoms with Gasteiger partial charge in [-0.1, -0.05) is 19.3 Å². The molecule has 1 aliphatic rings. The molecule has 18 heavy (non-hydrogen) atoms. The number of benzene rings is 1. The van der Waals surface area contributed by atoms with Crippen molar-refractivity contribution in [3.8, 4) is 11.5 Å². The van der Waals surface area contributed by atoms with Crippen LogP contribution in [0.3, 0.4) is 0 Å². The predicted octanol–water partition coefficient (Wildman–Crippen LogP) is 3.37. The van der Waals surface area contributed by atoms with Crippen LogP contribution in [0, 0.1) is 0 Å².